The number of amides is 12. The maximum atomic E-state index is 16.0. The van der Waals surface area contributed by atoms with E-state index in [0.29, 0.717) is 76.5 Å². The van der Waals surface area contributed by atoms with Gasteiger partial charge in [0.25, 0.3) is 0 Å². The number of phenolic OH excluding ortho intramolecular Hbond substituents is 2. The van der Waals surface area contributed by atoms with E-state index in [1.807, 2.05) is 6.92 Å². The Bertz CT molecular complexity index is 5510. The Morgan fingerprint density at radius 2 is 1.01 bits per heavy atom. The molecule has 36 heteroatoms. The lowest BCUT2D eigenvalue weighted by Gasteiger charge is -2.39. The maximum Gasteiger partial charge on any atom is 0.304 e. The molecule has 1 aromatic heterocycles. The standard InChI is InChI=1S/C102H126F3N13O19S/c1-10-11-29-82-101(137)117-43-22-31-80(117)87(123)53-65(54-90(126)127)86(122)55-70(102(4,5)6)97(133)115(8)83(50-60-23-14-12-15-24-60)96(132)112-78(48-63-34-38-68(120)39-35-63)99(135)118-42-21-20-30-81(118)95(131)111-76(52-66-56-107-73-28-19-18-27-69(66)73)94(130)110-75(47-62-32-36-67(119)37-33-62)93(129)109-74(44-59(2)3)92(128)113-79(85(121)40-41-88(106)124)57-138-58-89(125)108-77(49-64-45-71(103)91(105)72(104)46-64)98(134)116(9)84(100(136)114(82)7)51-61-25-16-13-17-26-61/h12-19,23-28,32-39,45-46,56,59,65,70,74-84,107,119-120H,10-11,20-22,29-31,40-44,47-55,57-58H2,1-9H3,(H2,106,124)(H,108,125)(H,109,129)(H,110,130)(H,111,131)(H,112,132)(H,113,128)(H,126,127)/t65-,70+,74-,75-,76-,77-,78-,79-,80+,81+,82-,83-,84-/m0/s1. The Morgan fingerprint density at radius 1 is 0.507 bits per heavy atom. The van der Waals surface area contributed by atoms with E-state index < -0.39 is 251 Å². The first kappa shape index (κ1) is 107. The number of halogens is 3. The zero-order valence-corrected chi connectivity index (χ0v) is 80.0. The van der Waals surface area contributed by atoms with E-state index in [-0.39, 0.29) is 94.4 Å². The summed E-state index contributed by atoms with van der Waals surface area (Å²) in [4.78, 5) is 250. The molecule has 138 heavy (non-hydrogen) atoms. The molecule has 0 saturated carbocycles. The van der Waals surface area contributed by atoms with Crippen LogP contribution >= 0.6 is 11.8 Å². The van der Waals surface area contributed by atoms with Crippen LogP contribution in [0.4, 0.5) is 13.2 Å². The Labute approximate surface area is 804 Å². The van der Waals surface area contributed by atoms with Gasteiger partial charge in [0, 0.05) is 133 Å². The monoisotopic (exact) mass is 1930 g/mol. The van der Waals surface area contributed by atoms with Crippen molar-refractivity contribution in [1.82, 2.24) is 61.4 Å². The van der Waals surface area contributed by atoms with Crippen molar-refractivity contribution in [3.05, 3.63) is 203 Å². The number of benzene rings is 6. The van der Waals surface area contributed by atoms with E-state index >= 15 is 66.3 Å². The number of likely N-dealkylation sites (N-methyl/N-ethyl adjacent to an activating group) is 3. The smallest absolute Gasteiger partial charge is 0.304 e. The van der Waals surface area contributed by atoms with E-state index in [2.05, 4.69) is 36.9 Å². The number of rotatable bonds is 23. The molecule has 740 valence electrons. The summed E-state index contributed by atoms with van der Waals surface area (Å²) in [7, 11) is 3.89. The number of carbonyl (C=O) groups is 16. The topological polar surface area (TPSA) is 464 Å². The lowest BCUT2D eigenvalue weighted by atomic mass is 9.74. The number of piperidine rings is 1. The number of hydrogen-bond donors (Lipinski definition) is 11. The molecule has 3 aliphatic rings. The lowest BCUT2D eigenvalue weighted by Crippen LogP contribution is -2.62. The predicted molar refractivity (Wildman–Crippen MR) is 509 cm³/mol. The highest BCUT2D eigenvalue weighted by molar-refractivity contribution is 8.00. The van der Waals surface area contributed by atoms with Gasteiger partial charge in [0.2, 0.25) is 70.9 Å². The van der Waals surface area contributed by atoms with Gasteiger partial charge < -0.3 is 82.4 Å². The van der Waals surface area contributed by atoms with Gasteiger partial charge in [-0.25, -0.2) is 13.2 Å². The lowest BCUT2D eigenvalue weighted by molar-refractivity contribution is -0.152. The van der Waals surface area contributed by atoms with Gasteiger partial charge in [-0.1, -0.05) is 158 Å². The summed E-state index contributed by atoms with van der Waals surface area (Å²) in [6.07, 6.45) is -2.12. The first-order valence-electron chi connectivity index (χ1n) is 46.8. The molecular formula is C102H126F3N13O19S. The number of para-hydroxylation sites is 1. The zero-order valence-electron chi connectivity index (χ0n) is 79.2. The van der Waals surface area contributed by atoms with Crippen LogP contribution in [0.5, 0.6) is 11.5 Å². The van der Waals surface area contributed by atoms with Crippen molar-refractivity contribution in [3.63, 3.8) is 0 Å². The number of carbonyl (C=O) groups excluding carboxylic acids is 15. The number of H-pyrrole nitrogens is 1. The van der Waals surface area contributed by atoms with Gasteiger partial charge in [-0.15, -0.1) is 11.8 Å². The molecule has 0 spiro atoms. The number of ketones is 3. The van der Waals surface area contributed by atoms with E-state index in [1.165, 1.54) is 79.5 Å². The number of nitrogens with two attached hydrogens (primary N) is 1. The molecule has 13 atom stereocenters. The number of carboxylic acid groups (broad SMARTS) is 1. The average molecular weight is 1930 g/mol. The Morgan fingerprint density at radius 3 is 1.61 bits per heavy atom. The number of unbranched alkanes of at least 4 members (excludes halogenated alkanes) is 1. The molecule has 7 aromatic rings. The minimum Gasteiger partial charge on any atom is -0.508 e. The summed E-state index contributed by atoms with van der Waals surface area (Å²) in [6, 6.07) is 19.8. The summed E-state index contributed by atoms with van der Waals surface area (Å²) in [5, 5.41) is 48.9. The second kappa shape index (κ2) is 49.7. The zero-order chi connectivity index (χ0) is 101. The first-order chi connectivity index (χ1) is 65.6. The van der Waals surface area contributed by atoms with Crippen molar-refractivity contribution in [2.75, 3.05) is 45.7 Å². The molecule has 3 aliphatic heterocycles. The quantitative estimate of drug-likeness (QED) is 0.0270. The van der Waals surface area contributed by atoms with E-state index in [4.69, 9.17) is 5.73 Å². The maximum absolute atomic E-state index is 16.0. The van der Waals surface area contributed by atoms with Crippen LogP contribution in [0.25, 0.3) is 10.9 Å². The van der Waals surface area contributed by atoms with Crippen LogP contribution < -0.4 is 37.6 Å². The molecule has 3 fully saturated rings. The third-order valence-electron chi connectivity index (χ3n) is 25.8. The molecule has 0 radical (unpaired) electrons. The number of fused-ring (bicyclic) bond motifs is 3. The van der Waals surface area contributed by atoms with Gasteiger partial charge in [-0.05, 0) is 132 Å². The number of thioether (sulfide) groups is 1. The number of carboxylic acids is 1. The number of phenols is 2. The first-order valence-corrected chi connectivity index (χ1v) is 47.9. The number of nitrogens with zero attached hydrogens (tertiary/aromatic N) is 5. The fraction of sp³-hybridized carbons (Fsp3) is 0.471. The molecule has 3 saturated heterocycles. The van der Waals surface area contributed by atoms with Gasteiger partial charge in [0.05, 0.1) is 24.3 Å². The van der Waals surface area contributed by atoms with Crippen LogP contribution in [0.3, 0.4) is 0 Å². The normalized spacial score (nSPS) is 23.5. The number of aromatic amines is 1. The van der Waals surface area contributed by atoms with Crippen molar-refractivity contribution < 1.29 is 105 Å². The van der Waals surface area contributed by atoms with Crippen LogP contribution in [-0.4, -0.2) is 251 Å². The van der Waals surface area contributed by atoms with Crippen molar-refractivity contribution in [1.29, 1.82) is 0 Å². The number of aromatic hydroxyl groups is 2. The third kappa shape index (κ3) is 29.4. The van der Waals surface area contributed by atoms with Gasteiger partial charge in [-0.3, -0.25) is 76.7 Å². The minimum atomic E-state index is -1.85. The molecule has 0 aliphatic carbocycles. The van der Waals surface area contributed by atoms with Gasteiger partial charge >= 0.3 is 5.97 Å². The summed E-state index contributed by atoms with van der Waals surface area (Å²) in [5.74, 6) is -24.3. The minimum absolute atomic E-state index is 0.0133. The van der Waals surface area contributed by atoms with Crippen molar-refractivity contribution in [2.24, 2.45) is 28.9 Å². The highest BCUT2D eigenvalue weighted by atomic mass is 32.2. The van der Waals surface area contributed by atoms with Crippen molar-refractivity contribution >= 4 is 117 Å². The fourth-order valence-corrected chi connectivity index (χ4v) is 18.9. The highest BCUT2D eigenvalue weighted by Gasteiger charge is 2.47. The van der Waals surface area contributed by atoms with Crippen LogP contribution in [-0.2, 0) is 115 Å². The van der Waals surface area contributed by atoms with Crippen LogP contribution in [0.1, 0.15) is 165 Å². The molecular weight excluding hydrogens is 1800 g/mol. The summed E-state index contributed by atoms with van der Waals surface area (Å²) in [6.45, 7) is 10.2. The van der Waals surface area contributed by atoms with E-state index in [0.717, 1.165) is 26.5 Å². The number of primary amides is 1. The third-order valence-corrected chi connectivity index (χ3v) is 26.8. The van der Waals surface area contributed by atoms with E-state index in [9.17, 15) is 38.9 Å². The largest absolute Gasteiger partial charge is 0.508 e. The van der Waals surface area contributed by atoms with Crippen LogP contribution in [0.15, 0.2) is 152 Å². The summed E-state index contributed by atoms with van der Waals surface area (Å²) >= 11 is 0.725. The summed E-state index contributed by atoms with van der Waals surface area (Å²) in [5.41, 5.74) is 7.01. The number of aliphatic carboxylic acids is 1. The predicted octanol–water partition coefficient (Wildman–Crippen LogP) is 8.00. The molecule has 0 bridgehead atoms. The Balaban J connectivity index is 1.07. The van der Waals surface area contributed by atoms with Gasteiger partial charge in [0.15, 0.2) is 29.0 Å². The van der Waals surface area contributed by atoms with Crippen LogP contribution in [0, 0.1) is 40.6 Å². The molecule has 12 N–H and O–H groups in total. The number of aromatic nitrogens is 1. The molecule has 0 unspecified atom stereocenters. The van der Waals surface area contributed by atoms with Crippen LogP contribution in [0.2, 0.25) is 0 Å². The molecule has 10 rings (SSSR count). The Hall–Kier alpha value is -13.3. The highest BCUT2D eigenvalue weighted by Crippen LogP contribution is 2.36. The average Bonchev–Trinajstić information content (AvgIpc) is 1.44. The number of nitrogens with one attached hydrogen (secondary N) is 7. The van der Waals surface area contributed by atoms with Gasteiger partial charge in [0.1, 0.15) is 71.7 Å². The van der Waals surface area contributed by atoms with Gasteiger partial charge in [-0.2, -0.15) is 0 Å². The van der Waals surface area contributed by atoms with E-state index in [1.54, 1.807) is 126 Å². The number of hydrogen-bond acceptors (Lipinski definition) is 19. The number of Topliss-reactive ketones (excluding diaryl/α,β-unsaturated/α-hetero) is 3. The molecule has 12 amide bonds. The Kier molecular flexibility index (Phi) is 38.4. The molecule has 32 nitrogen and oxygen atoms in total. The summed E-state index contributed by atoms with van der Waals surface area (Å²) < 4.78 is 45.2. The SMILES string of the molecule is CCCC[C@H]1C(=O)N2CCC[C@@H]2C(=O)C[C@@H](CC(=O)O)C(=O)C[C@@H](C(C)(C)C)C(=O)N(C)[C@@H](Cc2ccccc2)C(=O)N[C@@H](Cc2ccc(O)cc2)C(=O)N2CCCC[C@@H]2C(=O)N[C@@H](Cc2c[nH]c3ccccc23)C(=O)N[C@@H](Cc2ccc(O)cc2)C(=O)N[C@@H](CC(C)C)C(=O)N[C@H](C(=O)CCC(N)=O)CSCC(=O)N[C@@H](Cc2cc(F)c(F)c(F)c2)C(=O)N(C)[C@@H](Cc2ccccc2)C(=O)N1C. The second-order valence-corrected chi connectivity index (χ2v) is 38.6. The second-order valence-electron chi connectivity index (χ2n) is 37.6. The fourth-order valence-electron chi connectivity index (χ4n) is 18.0. The van der Waals surface area contributed by atoms with Crippen molar-refractivity contribution in [3.8, 4) is 11.5 Å². The van der Waals surface area contributed by atoms with Crippen molar-refractivity contribution in [2.45, 2.75) is 236 Å². The molecule has 6 aromatic carbocycles. The molecule has 4 heterocycles.